The van der Waals surface area contributed by atoms with Gasteiger partial charge in [-0.15, -0.1) is 11.8 Å². The largest absolute Gasteiger partial charge is 0.392 e. The van der Waals surface area contributed by atoms with Crippen LogP contribution in [0.5, 0.6) is 0 Å². The summed E-state index contributed by atoms with van der Waals surface area (Å²) in [6, 6.07) is 3.85. The highest BCUT2D eigenvalue weighted by molar-refractivity contribution is 7.99. The van der Waals surface area contributed by atoms with Gasteiger partial charge in [0.25, 0.3) is 0 Å². The first-order valence-corrected chi connectivity index (χ1v) is 6.89. The van der Waals surface area contributed by atoms with E-state index in [0.29, 0.717) is 5.25 Å². The summed E-state index contributed by atoms with van der Waals surface area (Å²) in [7, 11) is 0. The molecule has 0 aliphatic heterocycles. The average Bonchev–Trinajstić information content (AvgIpc) is 2.30. The molecule has 2 nitrogen and oxygen atoms in total. The Morgan fingerprint density at radius 1 is 1.50 bits per heavy atom. The second-order valence-electron chi connectivity index (χ2n) is 4.64. The van der Waals surface area contributed by atoms with Crippen LogP contribution in [0.1, 0.15) is 38.2 Å². The third-order valence-electron chi connectivity index (χ3n) is 3.19. The van der Waals surface area contributed by atoms with Crippen molar-refractivity contribution >= 4 is 11.8 Å². The summed E-state index contributed by atoms with van der Waals surface area (Å²) in [6.07, 6.45) is 7.09. The topological polar surface area (TPSA) is 33.1 Å². The zero-order valence-electron chi connectivity index (χ0n) is 9.72. The fraction of sp³-hybridized carbons (Fsp3) is 0.615. The van der Waals surface area contributed by atoms with E-state index in [1.807, 2.05) is 30.1 Å². The normalized spacial score (nSPS) is 25.6. The molecule has 1 aliphatic rings. The Bertz CT molecular complexity index is 342. The van der Waals surface area contributed by atoms with Gasteiger partial charge in [0.2, 0.25) is 0 Å². The SMILES string of the molecule is CC1CCCC(Sc2ncccc2CO)C1. The van der Waals surface area contributed by atoms with Crippen LogP contribution in [0.25, 0.3) is 0 Å². The van der Waals surface area contributed by atoms with Crippen LogP contribution in [0.15, 0.2) is 23.4 Å². The van der Waals surface area contributed by atoms with E-state index >= 15 is 0 Å². The third-order valence-corrected chi connectivity index (χ3v) is 4.54. The minimum Gasteiger partial charge on any atom is -0.392 e. The molecule has 0 spiro atoms. The quantitative estimate of drug-likeness (QED) is 0.876. The molecule has 1 N–H and O–H groups in total. The van der Waals surface area contributed by atoms with E-state index in [-0.39, 0.29) is 6.61 Å². The van der Waals surface area contributed by atoms with Crippen molar-refractivity contribution in [2.24, 2.45) is 5.92 Å². The van der Waals surface area contributed by atoms with Crippen LogP contribution in [-0.2, 0) is 6.61 Å². The van der Waals surface area contributed by atoms with Gasteiger partial charge in [0.1, 0.15) is 5.03 Å². The van der Waals surface area contributed by atoms with Crippen LogP contribution in [0.4, 0.5) is 0 Å². The van der Waals surface area contributed by atoms with Gasteiger partial charge in [0.15, 0.2) is 0 Å². The molecule has 1 aromatic rings. The molecule has 1 aromatic heterocycles. The van der Waals surface area contributed by atoms with Crippen molar-refractivity contribution in [3.63, 3.8) is 0 Å². The van der Waals surface area contributed by atoms with Crippen LogP contribution in [0.2, 0.25) is 0 Å². The zero-order valence-corrected chi connectivity index (χ0v) is 10.5. The van der Waals surface area contributed by atoms with E-state index < -0.39 is 0 Å². The van der Waals surface area contributed by atoms with Crippen molar-refractivity contribution in [1.29, 1.82) is 0 Å². The van der Waals surface area contributed by atoms with Crippen molar-refractivity contribution < 1.29 is 5.11 Å². The van der Waals surface area contributed by atoms with Crippen LogP contribution in [0, 0.1) is 5.92 Å². The molecule has 1 aliphatic carbocycles. The first-order chi connectivity index (χ1) is 7.79. The summed E-state index contributed by atoms with van der Waals surface area (Å²) in [5.41, 5.74) is 0.964. The van der Waals surface area contributed by atoms with Gasteiger partial charge in [-0.25, -0.2) is 4.98 Å². The number of thioether (sulfide) groups is 1. The maximum absolute atomic E-state index is 9.25. The zero-order chi connectivity index (χ0) is 11.4. The summed E-state index contributed by atoms with van der Waals surface area (Å²) in [5, 5.41) is 10.9. The molecular weight excluding hydrogens is 218 g/mol. The van der Waals surface area contributed by atoms with Gasteiger partial charge < -0.3 is 5.11 Å². The molecule has 2 atom stereocenters. The summed E-state index contributed by atoms with van der Waals surface area (Å²) in [5.74, 6) is 0.840. The van der Waals surface area contributed by atoms with E-state index in [2.05, 4.69) is 11.9 Å². The van der Waals surface area contributed by atoms with Crippen molar-refractivity contribution in [2.75, 3.05) is 0 Å². The number of aliphatic hydroxyl groups is 1. The maximum Gasteiger partial charge on any atom is 0.102 e. The number of hydrogen-bond acceptors (Lipinski definition) is 3. The Morgan fingerprint density at radius 3 is 3.12 bits per heavy atom. The van der Waals surface area contributed by atoms with E-state index in [9.17, 15) is 5.11 Å². The highest BCUT2D eigenvalue weighted by Gasteiger charge is 2.20. The van der Waals surface area contributed by atoms with E-state index in [0.717, 1.165) is 16.5 Å². The molecular formula is C13H19NOS. The Morgan fingerprint density at radius 2 is 2.38 bits per heavy atom. The number of rotatable bonds is 3. The fourth-order valence-electron chi connectivity index (χ4n) is 2.29. The summed E-state index contributed by atoms with van der Waals surface area (Å²) >= 11 is 1.85. The molecule has 16 heavy (non-hydrogen) atoms. The predicted molar refractivity (Wildman–Crippen MR) is 67.4 cm³/mol. The van der Waals surface area contributed by atoms with Crippen LogP contribution in [0.3, 0.4) is 0 Å². The third kappa shape index (κ3) is 2.98. The monoisotopic (exact) mass is 237 g/mol. The number of aromatic nitrogens is 1. The van der Waals surface area contributed by atoms with Gasteiger partial charge in [0.05, 0.1) is 6.61 Å². The molecule has 0 amide bonds. The Labute approximate surface area is 101 Å². The number of aliphatic hydroxyl groups excluding tert-OH is 1. The van der Waals surface area contributed by atoms with Crippen molar-refractivity contribution in [1.82, 2.24) is 4.98 Å². The Kier molecular flexibility index (Phi) is 4.24. The second-order valence-corrected chi connectivity index (χ2v) is 5.93. The molecule has 1 saturated carbocycles. The lowest BCUT2D eigenvalue weighted by atomic mass is 9.91. The van der Waals surface area contributed by atoms with Gasteiger partial charge in [-0.1, -0.05) is 25.8 Å². The van der Waals surface area contributed by atoms with Crippen molar-refractivity contribution in [2.45, 2.75) is 49.5 Å². The van der Waals surface area contributed by atoms with E-state index in [1.54, 1.807) is 0 Å². The first-order valence-electron chi connectivity index (χ1n) is 6.01. The molecule has 3 heteroatoms. The van der Waals surface area contributed by atoms with Crippen molar-refractivity contribution in [3.8, 4) is 0 Å². The summed E-state index contributed by atoms with van der Waals surface area (Å²) in [4.78, 5) is 4.37. The first kappa shape index (κ1) is 11.9. The van der Waals surface area contributed by atoms with E-state index in [4.69, 9.17) is 0 Å². The molecule has 0 aromatic carbocycles. The number of nitrogens with zero attached hydrogens (tertiary/aromatic N) is 1. The fourth-order valence-corrected chi connectivity index (χ4v) is 3.72. The molecule has 0 radical (unpaired) electrons. The molecule has 1 heterocycles. The van der Waals surface area contributed by atoms with Crippen molar-refractivity contribution in [3.05, 3.63) is 23.9 Å². The highest BCUT2D eigenvalue weighted by atomic mass is 32.2. The van der Waals surface area contributed by atoms with E-state index in [1.165, 1.54) is 25.7 Å². The number of hydrogen-bond donors (Lipinski definition) is 1. The summed E-state index contributed by atoms with van der Waals surface area (Å²) in [6.45, 7) is 2.43. The maximum atomic E-state index is 9.25. The second kappa shape index (κ2) is 5.69. The van der Waals surface area contributed by atoms with Crippen LogP contribution < -0.4 is 0 Å². The number of pyridine rings is 1. The van der Waals surface area contributed by atoms with Gasteiger partial charge in [-0.05, 0) is 24.8 Å². The molecule has 0 bridgehead atoms. The Hall–Kier alpha value is -0.540. The highest BCUT2D eigenvalue weighted by Crippen LogP contribution is 2.36. The lowest BCUT2D eigenvalue weighted by Gasteiger charge is -2.26. The predicted octanol–water partition coefficient (Wildman–Crippen LogP) is 3.24. The molecule has 88 valence electrons. The minimum atomic E-state index is 0.0957. The standard InChI is InChI=1S/C13H19NOS/c1-10-4-2-6-12(8-10)16-13-11(9-15)5-3-7-14-13/h3,5,7,10,12,15H,2,4,6,8-9H2,1H3. The van der Waals surface area contributed by atoms with Gasteiger partial charge in [-0.3, -0.25) is 0 Å². The molecule has 2 unspecified atom stereocenters. The molecule has 2 rings (SSSR count). The lowest BCUT2D eigenvalue weighted by molar-refractivity contribution is 0.278. The summed E-state index contributed by atoms with van der Waals surface area (Å²) < 4.78 is 0. The van der Waals surface area contributed by atoms with Gasteiger partial charge in [-0.2, -0.15) is 0 Å². The van der Waals surface area contributed by atoms with Gasteiger partial charge >= 0.3 is 0 Å². The van der Waals surface area contributed by atoms with Crippen LogP contribution >= 0.6 is 11.8 Å². The Balaban J connectivity index is 2.02. The molecule has 0 saturated heterocycles. The van der Waals surface area contributed by atoms with Gasteiger partial charge in [0, 0.05) is 17.0 Å². The lowest BCUT2D eigenvalue weighted by Crippen LogP contribution is -2.15. The molecule has 1 fully saturated rings. The minimum absolute atomic E-state index is 0.0957. The van der Waals surface area contributed by atoms with Crippen LogP contribution in [-0.4, -0.2) is 15.3 Å². The average molecular weight is 237 g/mol. The smallest absolute Gasteiger partial charge is 0.102 e.